The molecular formula is C51H56N4. The highest BCUT2D eigenvalue weighted by Crippen LogP contribution is 2.48. The van der Waals surface area contributed by atoms with Gasteiger partial charge < -0.3 is 9.80 Å². The van der Waals surface area contributed by atoms with Crippen molar-refractivity contribution in [3.63, 3.8) is 0 Å². The largest absolute Gasteiger partial charge is 0.321 e. The molecule has 0 unspecified atom stereocenters. The van der Waals surface area contributed by atoms with Crippen LogP contribution in [-0.4, -0.2) is 16.2 Å². The first-order valence-corrected chi connectivity index (χ1v) is 19.8. The van der Waals surface area contributed by atoms with Crippen LogP contribution in [0.3, 0.4) is 0 Å². The smallest absolute Gasteiger partial charge is 0.137 e. The number of rotatable bonds is 5. The van der Waals surface area contributed by atoms with Crippen molar-refractivity contribution in [1.29, 1.82) is 0 Å². The van der Waals surface area contributed by atoms with Gasteiger partial charge in [0.05, 0.1) is 22.4 Å². The van der Waals surface area contributed by atoms with Gasteiger partial charge in [0.2, 0.25) is 0 Å². The van der Waals surface area contributed by atoms with Gasteiger partial charge in [0.25, 0.3) is 0 Å². The van der Waals surface area contributed by atoms with Crippen molar-refractivity contribution < 1.29 is 0 Å². The molecule has 1 aliphatic rings. The minimum Gasteiger partial charge on any atom is -0.321 e. The van der Waals surface area contributed by atoms with E-state index in [1.165, 1.54) is 72.4 Å². The fourth-order valence-corrected chi connectivity index (χ4v) is 8.33. The SMILES string of the molecule is CC(C)(C)c1cc(N2CN(c3ccccc3C(C)(C)C)c3ccccc32)cc(C(C)(C)c2ccc3c4ccccc4n(-c4cc(C(C)(C)C)ccn4)c3c2)c1. The van der Waals surface area contributed by atoms with Crippen molar-refractivity contribution in [1.82, 2.24) is 9.55 Å². The number of fused-ring (bicyclic) bond motifs is 4. The Morgan fingerprint density at radius 2 is 1.05 bits per heavy atom. The predicted octanol–water partition coefficient (Wildman–Crippen LogP) is 13.6. The van der Waals surface area contributed by atoms with Crippen LogP contribution in [0.5, 0.6) is 0 Å². The Morgan fingerprint density at radius 1 is 0.455 bits per heavy atom. The Balaban J connectivity index is 1.28. The molecule has 4 nitrogen and oxygen atoms in total. The maximum Gasteiger partial charge on any atom is 0.137 e. The Labute approximate surface area is 328 Å². The number of nitrogens with zero attached hydrogens (tertiary/aromatic N) is 4. The molecule has 280 valence electrons. The molecule has 2 aromatic heterocycles. The van der Waals surface area contributed by atoms with Crippen LogP contribution >= 0.6 is 0 Å². The summed E-state index contributed by atoms with van der Waals surface area (Å²) in [5.41, 5.74) is 13.5. The van der Waals surface area contributed by atoms with E-state index in [4.69, 9.17) is 4.98 Å². The molecule has 7 aromatic rings. The molecule has 0 amide bonds. The molecule has 55 heavy (non-hydrogen) atoms. The first kappa shape index (κ1) is 36.6. The standard InChI is InChI=1S/C51H56N4/c1-48(2,3)34-26-27-52-47(32-34)55-42-20-14-12-18-39(42)40-25-24-35(31-46(40)55)51(10,11)37-28-36(49(4,5)6)29-38(30-37)53-33-54(45-23-17-16-22-44(45)53)43-21-15-13-19-41(43)50(7,8)9/h12-32H,33H2,1-11H3. The van der Waals surface area contributed by atoms with E-state index in [1.807, 2.05) is 6.20 Å². The lowest BCUT2D eigenvalue weighted by atomic mass is 9.75. The quantitative estimate of drug-likeness (QED) is 0.177. The van der Waals surface area contributed by atoms with Gasteiger partial charge in [0, 0.05) is 33.8 Å². The molecule has 8 rings (SSSR count). The average molecular weight is 725 g/mol. The van der Waals surface area contributed by atoms with Crippen LogP contribution in [0.4, 0.5) is 22.7 Å². The van der Waals surface area contributed by atoms with Crippen molar-refractivity contribution in [2.75, 3.05) is 16.5 Å². The molecule has 0 atom stereocenters. The molecule has 0 spiro atoms. The lowest BCUT2D eigenvalue weighted by Gasteiger charge is -2.32. The van der Waals surface area contributed by atoms with Crippen LogP contribution in [0, 0.1) is 0 Å². The van der Waals surface area contributed by atoms with Gasteiger partial charge in [0.15, 0.2) is 0 Å². The van der Waals surface area contributed by atoms with Crippen molar-refractivity contribution in [3.8, 4) is 5.82 Å². The Hall–Kier alpha value is -5.35. The molecule has 5 aromatic carbocycles. The zero-order valence-electron chi connectivity index (χ0n) is 34.6. The summed E-state index contributed by atoms with van der Waals surface area (Å²) in [6, 6.07) is 45.3. The maximum absolute atomic E-state index is 4.96. The highest BCUT2D eigenvalue weighted by molar-refractivity contribution is 6.09. The maximum atomic E-state index is 4.96. The fraction of sp³-hybridized carbons (Fsp3) is 0.314. The summed E-state index contributed by atoms with van der Waals surface area (Å²) in [4.78, 5) is 9.97. The minimum absolute atomic E-state index is 0.0144. The third kappa shape index (κ3) is 6.40. The molecular weight excluding hydrogens is 669 g/mol. The Bertz CT molecular complexity index is 2570. The van der Waals surface area contributed by atoms with E-state index in [-0.39, 0.29) is 21.7 Å². The molecule has 0 saturated carbocycles. The Morgan fingerprint density at radius 3 is 1.75 bits per heavy atom. The predicted molar refractivity (Wildman–Crippen MR) is 235 cm³/mol. The number of para-hydroxylation sites is 4. The summed E-state index contributed by atoms with van der Waals surface area (Å²) >= 11 is 0. The monoisotopic (exact) mass is 724 g/mol. The molecule has 0 radical (unpaired) electrons. The van der Waals surface area contributed by atoms with E-state index in [2.05, 4.69) is 212 Å². The van der Waals surface area contributed by atoms with Crippen molar-refractivity contribution in [2.45, 2.75) is 97.8 Å². The van der Waals surface area contributed by atoms with E-state index in [9.17, 15) is 0 Å². The van der Waals surface area contributed by atoms with Gasteiger partial charge in [-0.25, -0.2) is 4.98 Å². The van der Waals surface area contributed by atoms with Gasteiger partial charge in [-0.3, -0.25) is 4.57 Å². The lowest BCUT2D eigenvalue weighted by Crippen LogP contribution is -2.28. The van der Waals surface area contributed by atoms with Crippen LogP contribution in [0.15, 0.2) is 128 Å². The third-order valence-electron chi connectivity index (χ3n) is 11.8. The van der Waals surface area contributed by atoms with E-state index in [0.29, 0.717) is 0 Å². The number of anilines is 4. The van der Waals surface area contributed by atoms with Crippen LogP contribution in [0.2, 0.25) is 0 Å². The van der Waals surface area contributed by atoms with Crippen LogP contribution in [0.25, 0.3) is 27.6 Å². The summed E-state index contributed by atoms with van der Waals surface area (Å²) in [6.07, 6.45) is 1.96. The fourth-order valence-electron chi connectivity index (χ4n) is 8.33. The molecule has 4 heteroatoms. The molecule has 1 aliphatic heterocycles. The zero-order chi connectivity index (χ0) is 39.1. The molecule has 0 fully saturated rings. The second-order valence-corrected chi connectivity index (χ2v) is 19.1. The summed E-state index contributed by atoms with van der Waals surface area (Å²) < 4.78 is 2.36. The van der Waals surface area contributed by atoms with E-state index < -0.39 is 0 Å². The highest BCUT2D eigenvalue weighted by atomic mass is 15.4. The first-order valence-electron chi connectivity index (χ1n) is 19.8. The van der Waals surface area contributed by atoms with Crippen LogP contribution in [-0.2, 0) is 21.7 Å². The van der Waals surface area contributed by atoms with Crippen molar-refractivity contribution in [2.24, 2.45) is 0 Å². The van der Waals surface area contributed by atoms with Crippen LogP contribution < -0.4 is 9.80 Å². The zero-order valence-corrected chi connectivity index (χ0v) is 34.6. The van der Waals surface area contributed by atoms with Crippen LogP contribution in [0.1, 0.15) is 104 Å². The number of benzene rings is 5. The van der Waals surface area contributed by atoms with Gasteiger partial charge in [-0.2, -0.15) is 0 Å². The van der Waals surface area contributed by atoms with Crippen molar-refractivity contribution >= 4 is 44.6 Å². The van der Waals surface area contributed by atoms with E-state index in [1.54, 1.807) is 0 Å². The van der Waals surface area contributed by atoms with Gasteiger partial charge in [-0.15, -0.1) is 0 Å². The van der Waals surface area contributed by atoms with Gasteiger partial charge >= 0.3 is 0 Å². The lowest BCUT2D eigenvalue weighted by molar-refractivity contribution is 0.582. The molecule has 0 bridgehead atoms. The highest BCUT2D eigenvalue weighted by Gasteiger charge is 2.34. The molecule has 0 N–H and O–H groups in total. The summed E-state index contributed by atoms with van der Waals surface area (Å²) in [6.45, 7) is 26.2. The van der Waals surface area contributed by atoms with Gasteiger partial charge in [-0.05, 0) is 98.7 Å². The van der Waals surface area contributed by atoms with E-state index in [0.717, 1.165) is 12.5 Å². The second kappa shape index (κ2) is 12.9. The number of hydrogen-bond acceptors (Lipinski definition) is 3. The summed E-state index contributed by atoms with van der Waals surface area (Å²) in [5.74, 6) is 0.955. The molecule has 3 heterocycles. The minimum atomic E-state index is -0.302. The Kier molecular flexibility index (Phi) is 8.57. The molecule has 0 aliphatic carbocycles. The number of hydrogen-bond donors (Lipinski definition) is 0. The topological polar surface area (TPSA) is 24.3 Å². The first-order chi connectivity index (χ1) is 25.9. The number of aromatic nitrogens is 2. The van der Waals surface area contributed by atoms with Crippen molar-refractivity contribution in [3.05, 3.63) is 155 Å². The van der Waals surface area contributed by atoms with E-state index >= 15 is 0 Å². The number of pyridine rings is 1. The van der Waals surface area contributed by atoms with Gasteiger partial charge in [0.1, 0.15) is 12.5 Å². The average Bonchev–Trinajstić information content (AvgIpc) is 3.70. The summed E-state index contributed by atoms with van der Waals surface area (Å²) in [7, 11) is 0. The van der Waals surface area contributed by atoms with Gasteiger partial charge in [-0.1, -0.05) is 143 Å². The normalized spacial score (nSPS) is 13.9. The summed E-state index contributed by atoms with van der Waals surface area (Å²) in [5, 5.41) is 2.48. The molecule has 0 saturated heterocycles. The second-order valence-electron chi connectivity index (χ2n) is 19.1. The third-order valence-corrected chi connectivity index (χ3v) is 11.8.